The van der Waals surface area contributed by atoms with Gasteiger partial charge >= 0.3 is 0 Å². The second kappa shape index (κ2) is 17.1. The number of fused-ring (bicyclic) bond motifs is 3. The summed E-state index contributed by atoms with van der Waals surface area (Å²) in [6, 6.07) is 68.2. The van der Waals surface area contributed by atoms with Crippen LogP contribution in [0, 0.1) is 13.8 Å². The Morgan fingerprint density at radius 1 is 0.390 bits per heavy atom. The first-order valence-electron chi connectivity index (χ1n) is 21.4. The lowest BCUT2D eigenvalue weighted by molar-refractivity contribution is 0.661. The Bertz CT molecular complexity index is 2880. The van der Waals surface area contributed by atoms with E-state index in [0.717, 1.165) is 25.7 Å². The van der Waals surface area contributed by atoms with E-state index in [-0.39, 0.29) is 0 Å². The van der Waals surface area contributed by atoms with Gasteiger partial charge in [-0.3, -0.25) is 0 Å². The summed E-state index contributed by atoms with van der Waals surface area (Å²) in [4.78, 5) is 0. The van der Waals surface area contributed by atoms with Crippen molar-refractivity contribution in [2.45, 2.75) is 65.2 Å². The summed E-state index contributed by atoms with van der Waals surface area (Å²) in [5.41, 5.74) is 18.7. The van der Waals surface area contributed by atoms with E-state index in [2.05, 4.69) is 210 Å². The quantitative estimate of drug-likeness (QED) is 0.116. The molecule has 0 amide bonds. The molecule has 0 aliphatic rings. The molecule has 0 fully saturated rings. The van der Waals surface area contributed by atoms with E-state index in [0.29, 0.717) is 11.8 Å². The number of benzene rings is 8. The summed E-state index contributed by atoms with van der Waals surface area (Å²) >= 11 is 1.92. The topological polar surface area (TPSA) is 0 Å². The third-order valence-electron chi connectivity index (χ3n) is 12.7. The predicted molar refractivity (Wildman–Crippen MR) is 257 cm³/mol. The normalized spacial score (nSPS) is 12.5. The van der Waals surface area contributed by atoms with Gasteiger partial charge in [0, 0.05) is 20.2 Å². The minimum atomic E-state index is 0.374. The molecule has 0 aliphatic carbocycles. The van der Waals surface area contributed by atoms with Gasteiger partial charge in [0.1, 0.15) is 0 Å². The monoisotopic (exact) mass is 780 g/mol. The minimum absolute atomic E-state index is 0.374. The summed E-state index contributed by atoms with van der Waals surface area (Å²) in [6.45, 7) is 9.19. The van der Waals surface area contributed by atoms with Gasteiger partial charge in [-0.1, -0.05) is 166 Å². The van der Waals surface area contributed by atoms with Gasteiger partial charge in [-0.25, -0.2) is 0 Å². The van der Waals surface area contributed by atoms with Crippen LogP contribution in [0.5, 0.6) is 0 Å². The molecular weight excluding hydrogens is 729 g/mol. The Kier molecular flexibility index (Phi) is 11.1. The van der Waals surface area contributed by atoms with Crippen molar-refractivity contribution in [3.05, 3.63) is 215 Å². The average molecular weight is 781 g/mol. The van der Waals surface area contributed by atoms with Gasteiger partial charge in [0.25, 0.3) is 0 Å². The highest BCUT2D eigenvalue weighted by Crippen LogP contribution is 2.44. The molecule has 2 unspecified atom stereocenters. The second-order valence-electron chi connectivity index (χ2n) is 16.3. The largest absolute Gasteiger partial charge is 0.135 e. The molecule has 0 bridgehead atoms. The van der Waals surface area contributed by atoms with Crippen LogP contribution in [0.1, 0.15) is 71.9 Å². The van der Waals surface area contributed by atoms with Crippen LogP contribution in [-0.4, -0.2) is 0 Å². The lowest BCUT2D eigenvalue weighted by Crippen LogP contribution is -2.04. The molecule has 1 heterocycles. The van der Waals surface area contributed by atoms with Crippen molar-refractivity contribution < 1.29 is 0 Å². The fourth-order valence-corrected chi connectivity index (χ4v) is 10.5. The maximum Gasteiger partial charge on any atom is 0.0434 e. The molecule has 0 radical (unpaired) electrons. The molecule has 0 aliphatic heterocycles. The van der Waals surface area contributed by atoms with E-state index >= 15 is 0 Å². The zero-order valence-electron chi connectivity index (χ0n) is 34.7. The van der Waals surface area contributed by atoms with Crippen LogP contribution in [-0.2, 0) is 12.8 Å². The van der Waals surface area contributed by atoms with Crippen molar-refractivity contribution in [3.63, 3.8) is 0 Å². The highest BCUT2D eigenvalue weighted by atomic mass is 32.1. The minimum Gasteiger partial charge on any atom is -0.135 e. The molecule has 0 spiro atoms. The number of hydrogen-bond acceptors (Lipinski definition) is 1. The first kappa shape index (κ1) is 38.5. The molecule has 9 rings (SSSR count). The van der Waals surface area contributed by atoms with Crippen molar-refractivity contribution in [1.29, 1.82) is 0 Å². The molecule has 0 N–H and O–H groups in total. The highest BCUT2D eigenvalue weighted by molar-refractivity contribution is 7.26. The number of rotatable bonds is 12. The van der Waals surface area contributed by atoms with E-state index in [1.807, 2.05) is 11.3 Å². The van der Waals surface area contributed by atoms with E-state index < -0.39 is 0 Å². The average Bonchev–Trinajstić information content (AvgIpc) is 3.67. The highest BCUT2D eigenvalue weighted by Gasteiger charge is 2.20. The molecule has 9 aromatic rings. The molecule has 290 valence electrons. The smallest absolute Gasteiger partial charge is 0.0434 e. The molecule has 0 saturated carbocycles. The molecular formula is C58H52S. The van der Waals surface area contributed by atoms with Crippen molar-refractivity contribution in [2.75, 3.05) is 0 Å². The molecule has 0 nitrogen and oxygen atoms in total. The lowest BCUT2D eigenvalue weighted by Gasteiger charge is -2.21. The maximum atomic E-state index is 2.50. The van der Waals surface area contributed by atoms with Crippen molar-refractivity contribution in [1.82, 2.24) is 0 Å². The van der Waals surface area contributed by atoms with E-state index in [1.54, 1.807) is 0 Å². The molecule has 2 atom stereocenters. The summed E-state index contributed by atoms with van der Waals surface area (Å²) in [6.07, 6.45) is 4.17. The third-order valence-corrected chi connectivity index (χ3v) is 13.9. The van der Waals surface area contributed by atoms with Crippen LogP contribution >= 0.6 is 11.3 Å². The third kappa shape index (κ3) is 7.81. The van der Waals surface area contributed by atoms with E-state index in [9.17, 15) is 0 Å². The van der Waals surface area contributed by atoms with Crippen LogP contribution in [0.2, 0.25) is 0 Å². The Morgan fingerprint density at radius 3 is 1.49 bits per heavy atom. The summed E-state index contributed by atoms with van der Waals surface area (Å²) in [5, 5.41) is 2.73. The molecule has 8 aromatic carbocycles. The summed E-state index contributed by atoms with van der Waals surface area (Å²) in [7, 11) is 0. The predicted octanol–water partition coefficient (Wildman–Crippen LogP) is 16.8. The van der Waals surface area contributed by atoms with Gasteiger partial charge in [0.05, 0.1) is 0 Å². The number of aryl methyl sites for hydroxylation is 2. The van der Waals surface area contributed by atoms with Gasteiger partial charge in [-0.05, 0) is 160 Å². The van der Waals surface area contributed by atoms with Gasteiger partial charge < -0.3 is 0 Å². The van der Waals surface area contributed by atoms with E-state index in [1.165, 1.54) is 98.1 Å². The van der Waals surface area contributed by atoms with Gasteiger partial charge in [0.15, 0.2) is 0 Å². The molecule has 0 saturated heterocycles. The zero-order chi connectivity index (χ0) is 40.3. The van der Waals surface area contributed by atoms with Crippen LogP contribution < -0.4 is 0 Å². The fraction of sp³-hybridized carbons (Fsp3) is 0.172. The SMILES string of the molecule is CCC(Cc1ccccc1-c1cc(-c2ccc(C)c(-c3ccccc3CC(CC)c3cc(-c4ccccc4)c4sc5ccccc5c4c3)c2)ccc1C)c1ccccc1. The van der Waals surface area contributed by atoms with Crippen molar-refractivity contribution in [3.8, 4) is 44.5 Å². The van der Waals surface area contributed by atoms with E-state index in [4.69, 9.17) is 0 Å². The van der Waals surface area contributed by atoms with Crippen LogP contribution in [0.25, 0.3) is 64.7 Å². The first-order valence-corrected chi connectivity index (χ1v) is 22.2. The fourth-order valence-electron chi connectivity index (χ4n) is 9.27. The van der Waals surface area contributed by atoms with Crippen molar-refractivity contribution in [2.24, 2.45) is 0 Å². The van der Waals surface area contributed by atoms with Gasteiger partial charge in [0.2, 0.25) is 0 Å². The Labute approximate surface area is 354 Å². The maximum absolute atomic E-state index is 2.50. The molecule has 1 aromatic heterocycles. The van der Waals surface area contributed by atoms with Crippen LogP contribution in [0.3, 0.4) is 0 Å². The lowest BCUT2D eigenvalue weighted by atomic mass is 9.83. The van der Waals surface area contributed by atoms with Crippen LogP contribution in [0.4, 0.5) is 0 Å². The van der Waals surface area contributed by atoms with Gasteiger partial charge in [-0.15, -0.1) is 11.3 Å². The van der Waals surface area contributed by atoms with Gasteiger partial charge in [-0.2, -0.15) is 0 Å². The molecule has 59 heavy (non-hydrogen) atoms. The zero-order valence-corrected chi connectivity index (χ0v) is 35.5. The standard InChI is InChI=1S/C58H52S/c1-5-41(43-19-9-7-10-20-43)33-47-23-13-15-25-50(47)53-35-45(31-29-39(53)3)46-32-30-40(4)54(36-46)51-26-16-14-24-48(51)34-42(6-2)49-37-55(44-21-11-8-12-22-44)58-56(38-49)52-27-17-18-28-57(52)59-58/h7-32,35-38,41-42H,5-6,33-34H2,1-4H3. The van der Waals surface area contributed by atoms with Crippen LogP contribution in [0.15, 0.2) is 182 Å². The second-order valence-corrected chi connectivity index (χ2v) is 17.4. The Hall–Kier alpha value is -6.02. The number of thiophene rings is 1. The Morgan fingerprint density at radius 2 is 0.898 bits per heavy atom. The number of hydrogen-bond donors (Lipinski definition) is 0. The molecule has 1 heteroatoms. The van der Waals surface area contributed by atoms with Crippen molar-refractivity contribution >= 4 is 31.5 Å². The Balaban J connectivity index is 1.07. The summed E-state index contributed by atoms with van der Waals surface area (Å²) in [5.74, 6) is 0.858. The first-order chi connectivity index (χ1) is 29.0. The summed E-state index contributed by atoms with van der Waals surface area (Å²) < 4.78 is 2.73.